The number of aliphatic imine (C=N–C) groups is 1. The first kappa shape index (κ1) is 19.6. The van der Waals surface area contributed by atoms with Gasteiger partial charge in [0.05, 0.1) is 16.2 Å². The molecule has 2 aliphatic heterocycles. The molecular formula is C21H16N2O6S. The summed E-state index contributed by atoms with van der Waals surface area (Å²) in [4.78, 5) is 30.6. The molecule has 1 saturated heterocycles. The Morgan fingerprint density at radius 1 is 1.23 bits per heavy atom. The van der Waals surface area contributed by atoms with Gasteiger partial charge < -0.3 is 19.7 Å². The number of phenolic OH excluding ortho intramolecular Hbond substituents is 1. The molecule has 0 atom stereocenters. The van der Waals surface area contributed by atoms with E-state index in [1.807, 2.05) is 6.07 Å². The second kappa shape index (κ2) is 7.96. The van der Waals surface area contributed by atoms with E-state index in [1.54, 1.807) is 24.3 Å². The molecule has 9 heteroatoms. The number of ether oxygens (including phenoxy) is 2. The van der Waals surface area contributed by atoms with Crippen LogP contribution in [0.15, 0.2) is 59.0 Å². The predicted molar refractivity (Wildman–Crippen MR) is 112 cm³/mol. The summed E-state index contributed by atoms with van der Waals surface area (Å²) in [5.74, 6) is -0.436. The van der Waals surface area contributed by atoms with Crippen LogP contribution in [0.2, 0.25) is 0 Å². The van der Waals surface area contributed by atoms with Crippen molar-refractivity contribution >= 4 is 40.6 Å². The summed E-state index contributed by atoms with van der Waals surface area (Å²) in [7, 11) is 0. The summed E-state index contributed by atoms with van der Waals surface area (Å²) in [6.07, 6.45) is 3.27. The lowest BCUT2D eigenvalue weighted by Gasteiger charge is -2.13. The topological polar surface area (TPSA) is 109 Å². The minimum absolute atomic E-state index is 0.133. The molecule has 0 unspecified atom stereocenters. The molecule has 8 nitrogen and oxygen atoms in total. The van der Waals surface area contributed by atoms with Gasteiger partial charge in [0.2, 0.25) is 6.79 Å². The Kier molecular flexibility index (Phi) is 5.20. The highest BCUT2D eigenvalue weighted by molar-refractivity contribution is 8.18. The fraction of sp³-hybridized carbons (Fsp3) is 0.0952. The van der Waals surface area contributed by atoms with Crippen molar-refractivity contribution in [3.05, 3.63) is 65.1 Å². The predicted octanol–water partition coefficient (Wildman–Crippen LogP) is 3.61. The van der Waals surface area contributed by atoms with Crippen molar-refractivity contribution < 1.29 is 29.3 Å². The molecule has 2 aliphatic rings. The molecule has 0 radical (unpaired) electrons. The number of hydrogen-bond acceptors (Lipinski definition) is 7. The number of aromatic hydroxyl groups is 1. The molecule has 2 aromatic rings. The van der Waals surface area contributed by atoms with Gasteiger partial charge in [-0.3, -0.25) is 9.69 Å². The second-order valence-electron chi connectivity index (χ2n) is 6.33. The molecule has 1 fully saturated rings. The number of rotatable bonds is 5. The van der Waals surface area contributed by atoms with Crippen LogP contribution >= 0.6 is 11.8 Å². The van der Waals surface area contributed by atoms with E-state index in [4.69, 9.17) is 9.47 Å². The molecule has 30 heavy (non-hydrogen) atoms. The van der Waals surface area contributed by atoms with Gasteiger partial charge in [-0.2, -0.15) is 0 Å². The molecule has 0 saturated carbocycles. The Labute approximate surface area is 175 Å². The SMILES string of the molecule is C=CCN1C(=O)/C(=C/c2ccc3c(c2)OCO3)SC1=Nc1ccc(O)cc1C(=O)O. The first-order valence-corrected chi connectivity index (χ1v) is 9.65. The lowest BCUT2D eigenvalue weighted by Crippen LogP contribution is -2.29. The van der Waals surface area contributed by atoms with Crippen LogP contribution in [0.25, 0.3) is 6.08 Å². The summed E-state index contributed by atoms with van der Waals surface area (Å²) < 4.78 is 10.7. The number of phenols is 1. The lowest BCUT2D eigenvalue weighted by atomic mass is 10.2. The zero-order valence-corrected chi connectivity index (χ0v) is 16.4. The Morgan fingerprint density at radius 2 is 2.03 bits per heavy atom. The molecule has 1 amide bonds. The van der Waals surface area contributed by atoms with Crippen LogP contribution in [0, 0.1) is 0 Å². The standard InChI is InChI=1S/C21H16N2O6S/c1-2-7-23-19(25)18(9-12-3-6-16-17(8-12)29-11-28-16)30-21(23)22-15-5-4-13(24)10-14(15)20(26)27/h2-6,8-10,24H,1,7,11H2,(H,26,27)/b18-9-,22-21?. The minimum Gasteiger partial charge on any atom is -0.508 e. The van der Waals surface area contributed by atoms with E-state index in [9.17, 15) is 19.8 Å². The van der Waals surface area contributed by atoms with Crippen LogP contribution in [-0.2, 0) is 4.79 Å². The Bertz CT molecular complexity index is 1120. The third-order valence-corrected chi connectivity index (χ3v) is 5.33. The molecule has 0 aromatic heterocycles. The van der Waals surface area contributed by atoms with Crippen molar-refractivity contribution in [2.45, 2.75) is 0 Å². The largest absolute Gasteiger partial charge is 0.508 e. The van der Waals surface area contributed by atoms with Gasteiger partial charge in [0.25, 0.3) is 5.91 Å². The number of fused-ring (bicyclic) bond motifs is 1. The number of benzene rings is 2. The first-order valence-electron chi connectivity index (χ1n) is 8.83. The normalized spacial score (nSPS) is 17.7. The first-order chi connectivity index (χ1) is 14.5. The van der Waals surface area contributed by atoms with Gasteiger partial charge >= 0.3 is 5.97 Å². The lowest BCUT2D eigenvalue weighted by molar-refractivity contribution is -0.121. The number of amides is 1. The molecular weight excluding hydrogens is 408 g/mol. The monoisotopic (exact) mass is 424 g/mol. The Balaban J connectivity index is 1.71. The van der Waals surface area contributed by atoms with Gasteiger partial charge in [0.15, 0.2) is 16.7 Å². The summed E-state index contributed by atoms with van der Waals surface area (Å²) in [6, 6.07) is 9.20. The average Bonchev–Trinajstić information content (AvgIpc) is 3.29. The molecule has 0 spiro atoms. The third-order valence-electron chi connectivity index (χ3n) is 4.32. The quantitative estimate of drug-likeness (QED) is 0.557. The fourth-order valence-corrected chi connectivity index (χ4v) is 3.93. The molecule has 4 rings (SSSR count). The van der Waals surface area contributed by atoms with E-state index in [2.05, 4.69) is 11.6 Å². The van der Waals surface area contributed by atoms with Crippen molar-refractivity contribution in [3.63, 3.8) is 0 Å². The maximum atomic E-state index is 12.9. The Hall–Kier alpha value is -3.72. The number of carbonyl (C=O) groups is 2. The zero-order valence-electron chi connectivity index (χ0n) is 15.6. The van der Waals surface area contributed by atoms with E-state index >= 15 is 0 Å². The fourth-order valence-electron chi connectivity index (χ4n) is 2.93. The highest BCUT2D eigenvalue weighted by atomic mass is 32.2. The van der Waals surface area contributed by atoms with E-state index in [0.717, 1.165) is 23.4 Å². The van der Waals surface area contributed by atoms with Crippen molar-refractivity contribution in [3.8, 4) is 17.2 Å². The maximum Gasteiger partial charge on any atom is 0.338 e. The number of nitrogens with zero attached hydrogens (tertiary/aromatic N) is 2. The summed E-state index contributed by atoms with van der Waals surface area (Å²) in [5.41, 5.74) is 0.724. The van der Waals surface area contributed by atoms with Crippen LogP contribution < -0.4 is 9.47 Å². The van der Waals surface area contributed by atoms with Gasteiger partial charge in [-0.05, 0) is 53.7 Å². The van der Waals surface area contributed by atoms with Crippen LogP contribution in [-0.4, -0.2) is 45.5 Å². The van der Waals surface area contributed by atoms with Gasteiger partial charge in [-0.1, -0.05) is 12.1 Å². The number of aromatic carboxylic acids is 1. The number of amidine groups is 1. The van der Waals surface area contributed by atoms with Gasteiger partial charge in [0.1, 0.15) is 5.75 Å². The number of carboxylic acid groups (broad SMARTS) is 1. The van der Waals surface area contributed by atoms with Gasteiger partial charge in [-0.25, -0.2) is 9.79 Å². The number of carbonyl (C=O) groups excluding carboxylic acids is 1. The molecule has 0 aliphatic carbocycles. The van der Waals surface area contributed by atoms with E-state index in [1.165, 1.54) is 17.0 Å². The van der Waals surface area contributed by atoms with Crippen molar-refractivity contribution in [2.75, 3.05) is 13.3 Å². The zero-order chi connectivity index (χ0) is 21.3. The smallest absolute Gasteiger partial charge is 0.338 e. The summed E-state index contributed by atoms with van der Waals surface area (Å²) >= 11 is 1.13. The second-order valence-corrected chi connectivity index (χ2v) is 7.34. The molecule has 2 aromatic carbocycles. The van der Waals surface area contributed by atoms with Crippen molar-refractivity contribution in [1.29, 1.82) is 0 Å². The molecule has 2 heterocycles. The maximum absolute atomic E-state index is 12.9. The van der Waals surface area contributed by atoms with E-state index < -0.39 is 5.97 Å². The number of thioether (sulfide) groups is 1. The summed E-state index contributed by atoms with van der Waals surface area (Å²) in [6.45, 7) is 4.04. The van der Waals surface area contributed by atoms with E-state index in [0.29, 0.717) is 21.6 Å². The summed E-state index contributed by atoms with van der Waals surface area (Å²) in [5, 5.41) is 19.3. The third kappa shape index (κ3) is 3.74. The molecule has 152 valence electrons. The van der Waals surface area contributed by atoms with Crippen LogP contribution in [0.5, 0.6) is 17.2 Å². The van der Waals surface area contributed by atoms with Crippen LogP contribution in [0.3, 0.4) is 0 Å². The van der Waals surface area contributed by atoms with Crippen LogP contribution in [0.1, 0.15) is 15.9 Å². The number of hydrogen-bond donors (Lipinski definition) is 2. The van der Waals surface area contributed by atoms with Gasteiger partial charge in [0, 0.05) is 6.54 Å². The van der Waals surface area contributed by atoms with Gasteiger partial charge in [-0.15, -0.1) is 6.58 Å². The number of carboxylic acids is 1. The molecule has 2 N–H and O–H groups in total. The van der Waals surface area contributed by atoms with Crippen molar-refractivity contribution in [2.24, 2.45) is 4.99 Å². The molecule has 0 bridgehead atoms. The Morgan fingerprint density at radius 3 is 2.80 bits per heavy atom. The van der Waals surface area contributed by atoms with Crippen molar-refractivity contribution in [1.82, 2.24) is 4.90 Å². The highest BCUT2D eigenvalue weighted by Gasteiger charge is 2.33. The van der Waals surface area contributed by atoms with Crippen LogP contribution in [0.4, 0.5) is 5.69 Å². The minimum atomic E-state index is -1.23. The average molecular weight is 424 g/mol. The highest BCUT2D eigenvalue weighted by Crippen LogP contribution is 2.37. The van der Waals surface area contributed by atoms with E-state index in [-0.39, 0.29) is 36.2 Å².